The van der Waals surface area contributed by atoms with Gasteiger partial charge in [0.05, 0.1) is 17.4 Å². The summed E-state index contributed by atoms with van der Waals surface area (Å²) in [6, 6.07) is 15.1. The van der Waals surface area contributed by atoms with Crippen molar-refractivity contribution in [2.45, 2.75) is 38.8 Å². The zero-order valence-electron chi connectivity index (χ0n) is 16.3. The number of rotatable bonds is 8. The summed E-state index contributed by atoms with van der Waals surface area (Å²) in [7, 11) is 0. The van der Waals surface area contributed by atoms with Gasteiger partial charge in [-0.1, -0.05) is 43.7 Å². The van der Waals surface area contributed by atoms with Crippen LogP contribution in [0.5, 0.6) is 0 Å². The Morgan fingerprint density at radius 3 is 2.76 bits per heavy atom. The summed E-state index contributed by atoms with van der Waals surface area (Å²) in [5, 5.41) is 14.3. The normalized spacial score (nSPS) is 12.2. The zero-order chi connectivity index (χ0) is 20.1. The van der Waals surface area contributed by atoms with Crippen molar-refractivity contribution >= 4 is 22.6 Å². The molecule has 4 aromatic rings. The molecule has 1 amide bonds. The molecule has 8 nitrogen and oxygen atoms in total. The highest BCUT2D eigenvalue weighted by atomic mass is 16.2. The minimum Gasteiger partial charge on any atom is -0.331 e. The van der Waals surface area contributed by atoms with Gasteiger partial charge in [-0.25, -0.2) is 9.67 Å². The molecule has 0 spiro atoms. The fraction of sp³-hybridized carbons (Fsp3) is 0.286. The van der Waals surface area contributed by atoms with Gasteiger partial charge in [-0.15, -0.1) is 5.10 Å². The van der Waals surface area contributed by atoms with Crippen LogP contribution in [0.3, 0.4) is 0 Å². The van der Waals surface area contributed by atoms with Crippen LogP contribution in [0, 0.1) is 0 Å². The molecule has 29 heavy (non-hydrogen) atoms. The van der Waals surface area contributed by atoms with Crippen molar-refractivity contribution in [2.75, 3.05) is 5.32 Å². The molecular formula is C21H23N7O. The van der Waals surface area contributed by atoms with Gasteiger partial charge in [0.2, 0.25) is 5.91 Å². The third kappa shape index (κ3) is 4.31. The molecule has 1 atom stereocenters. The summed E-state index contributed by atoms with van der Waals surface area (Å²) in [5.41, 5.74) is 3.67. The lowest BCUT2D eigenvalue weighted by atomic mass is 10.1. The van der Waals surface area contributed by atoms with Crippen molar-refractivity contribution in [3.05, 3.63) is 66.7 Å². The number of carbonyl (C=O) groups is 1. The smallest absolute Gasteiger partial charge is 0.249 e. The van der Waals surface area contributed by atoms with Crippen molar-refractivity contribution in [3.8, 4) is 0 Å². The standard InChI is InChI=1S/C21H23N7O/c1-2-3-11-27-14-22-18-13-17(9-10-19(18)27)24-21(29)20(28-15-23-25-26-28)12-16-7-5-4-6-8-16/h4-10,13-15,20H,2-3,11-12H2,1H3,(H,24,29)/t20-/m0/s1. The molecule has 0 aliphatic heterocycles. The lowest BCUT2D eigenvalue weighted by Crippen LogP contribution is -2.28. The number of nitrogens with one attached hydrogen (secondary N) is 1. The number of unbranched alkanes of at least 4 members (excludes halogenated alkanes) is 1. The monoisotopic (exact) mass is 389 g/mol. The summed E-state index contributed by atoms with van der Waals surface area (Å²) >= 11 is 0. The van der Waals surface area contributed by atoms with Gasteiger partial charge >= 0.3 is 0 Å². The van der Waals surface area contributed by atoms with Crippen LogP contribution < -0.4 is 5.32 Å². The Kier molecular flexibility index (Phi) is 5.60. The van der Waals surface area contributed by atoms with Crippen molar-refractivity contribution < 1.29 is 4.79 Å². The van der Waals surface area contributed by atoms with Crippen LogP contribution >= 0.6 is 0 Å². The van der Waals surface area contributed by atoms with Crippen molar-refractivity contribution in [3.63, 3.8) is 0 Å². The lowest BCUT2D eigenvalue weighted by Gasteiger charge is -2.16. The third-order valence-corrected chi connectivity index (χ3v) is 4.90. The molecule has 4 rings (SSSR count). The Hall–Kier alpha value is -3.55. The van der Waals surface area contributed by atoms with Crippen molar-refractivity contribution in [1.82, 2.24) is 29.8 Å². The van der Waals surface area contributed by atoms with Crippen molar-refractivity contribution in [1.29, 1.82) is 0 Å². The second kappa shape index (κ2) is 8.64. The van der Waals surface area contributed by atoms with E-state index in [2.05, 4.69) is 37.3 Å². The number of fused-ring (bicyclic) bond motifs is 1. The minimum absolute atomic E-state index is 0.175. The Labute approximate surface area is 168 Å². The first-order valence-electron chi connectivity index (χ1n) is 9.76. The fourth-order valence-electron chi connectivity index (χ4n) is 3.33. The summed E-state index contributed by atoms with van der Waals surface area (Å²) < 4.78 is 3.63. The highest BCUT2D eigenvalue weighted by molar-refractivity contribution is 5.95. The quantitative estimate of drug-likeness (QED) is 0.500. The Balaban J connectivity index is 1.54. The number of aromatic nitrogens is 6. The molecule has 148 valence electrons. The van der Waals surface area contributed by atoms with E-state index in [1.54, 1.807) is 0 Å². The van der Waals surface area contributed by atoms with Gasteiger partial charge in [0.1, 0.15) is 12.4 Å². The number of benzene rings is 2. The first-order chi connectivity index (χ1) is 14.2. The molecule has 0 saturated carbocycles. The molecule has 0 aliphatic carbocycles. The van der Waals surface area contributed by atoms with Gasteiger partial charge in [-0.3, -0.25) is 4.79 Å². The van der Waals surface area contributed by atoms with Gasteiger partial charge in [-0.2, -0.15) is 0 Å². The average molecular weight is 389 g/mol. The number of carbonyl (C=O) groups excluding carboxylic acids is 1. The number of nitrogens with zero attached hydrogens (tertiary/aromatic N) is 6. The van der Waals surface area contributed by atoms with E-state index in [-0.39, 0.29) is 5.91 Å². The van der Waals surface area contributed by atoms with Gasteiger partial charge in [-0.05, 0) is 40.6 Å². The van der Waals surface area contributed by atoms with E-state index in [4.69, 9.17) is 0 Å². The second-order valence-corrected chi connectivity index (χ2v) is 6.98. The number of hydrogen-bond acceptors (Lipinski definition) is 5. The van der Waals surface area contributed by atoms with E-state index >= 15 is 0 Å². The van der Waals surface area contributed by atoms with Gasteiger partial charge < -0.3 is 9.88 Å². The second-order valence-electron chi connectivity index (χ2n) is 6.98. The highest BCUT2D eigenvalue weighted by Gasteiger charge is 2.22. The highest BCUT2D eigenvalue weighted by Crippen LogP contribution is 2.21. The number of tetrazole rings is 1. The van der Waals surface area contributed by atoms with Gasteiger partial charge in [0, 0.05) is 18.7 Å². The molecule has 1 N–H and O–H groups in total. The van der Waals surface area contributed by atoms with Gasteiger partial charge in [0.25, 0.3) is 0 Å². The van der Waals surface area contributed by atoms with E-state index in [1.807, 2.05) is 54.9 Å². The Morgan fingerprint density at radius 1 is 1.14 bits per heavy atom. The number of imidazole rings is 1. The molecule has 8 heteroatoms. The molecule has 0 bridgehead atoms. The van der Waals surface area contributed by atoms with Crippen LogP contribution in [0.1, 0.15) is 31.4 Å². The number of amides is 1. The summed E-state index contributed by atoms with van der Waals surface area (Å²) in [6.07, 6.45) is 6.05. The maximum absolute atomic E-state index is 13.0. The molecule has 0 saturated heterocycles. The summed E-state index contributed by atoms with van der Waals surface area (Å²) in [5.74, 6) is -0.175. The molecule has 0 unspecified atom stereocenters. The summed E-state index contributed by atoms with van der Waals surface area (Å²) in [6.45, 7) is 3.11. The topological polar surface area (TPSA) is 90.5 Å². The Bertz CT molecular complexity index is 1070. The van der Waals surface area contributed by atoms with E-state index in [9.17, 15) is 4.79 Å². The fourth-order valence-corrected chi connectivity index (χ4v) is 3.33. The summed E-state index contributed by atoms with van der Waals surface area (Å²) in [4.78, 5) is 17.5. The van der Waals surface area contributed by atoms with Gasteiger partial charge in [0.15, 0.2) is 0 Å². The predicted octanol–water partition coefficient (Wildman–Crippen LogP) is 3.25. The van der Waals surface area contributed by atoms with E-state index in [0.717, 1.165) is 36.0 Å². The number of anilines is 1. The zero-order valence-corrected chi connectivity index (χ0v) is 16.3. The van der Waals surface area contributed by atoms with Crippen LogP contribution in [0.25, 0.3) is 11.0 Å². The molecular weight excluding hydrogens is 366 g/mol. The molecule has 2 aromatic heterocycles. The molecule has 2 heterocycles. The van der Waals surface area contributed by atoms with E-state index in [0.29, 0.717) is 12.1 Å². The first kappa shape index (κ1) is 18.8. The molecule has 2 aromatic carbocycles. The van der Waals surface area contributed by atoms with E-state index < -0.39 is 6.04 Å². The van der Waals surface area contributed by atoms with Crippen LogP contribution in [0.4, 0.5) is 5.69 Å². The SMILES string of the molecule is CCCCn1cnc2cc(NC(=O)[C@H](Cc3ccccc3)n3cnnn3)ccc21. The molecule has 0 fully saturated rings. The lowest BCUT2D eigenvalue weighted by molar-refractivity contribution is -0.119. The largest absolute Gasteiger partial charge is 0.331 e. The number of hydrogen-bond donors (Lipinski definition) is 1. The maximum atomic E-state index is 13.0. The van der Waals surface area contributed by atoms with Crippen LogP contribution in [0.15, 0.2) is 61.2 Å². The van der Waals surface area contributed by atoms with Crippen molar-refractivity contribution in [2.24, 2.45) is 0 Å². The van der Waals surface area contributed by atoms with Crippen LogP contribution in [-0.2, 0) is 17.8 Å². The molecule has 0 aliphatic rings. The van der Waals surface area contributed by atoms with E-state index in [1.165, 1.54) is 11.0 Å². The average Bonchev–Trinajstić information content (AvgIpc) is 3.41. The first-order valence-corrected chi connectivity index (χ1v) is 9.76. The van der Waals surface area contributed by atoms with Crippen LogP contribution in [-0.4, -0.2) is 35.7 Å². The minimum atomic E-state index is -0.551. The maximum Gasteiger partial charge on any atom is 0.249 e. The molecule has 0 radical (unpaired) electrons. The third-order valence-electron chi connectivity index (χ3n) is 4.90. The Morgan fingerprint density at radius 2 is 2.00 bits per heavy atom. The predicted molar refractivity (Wildman–Crippen MR) is 110 cm³/mol. The number of aryl methyl sites for hydroxylation is 1. The van der Waals surface area contributed by atoms with Crippen LogP contribution in [0.2, 0.25) is 0 Å².